The molecular formula is C9H16O4. The summed E-state index contributed by atoms with van der Waals surface area (Å²) in [7, 11) is 1.54. The largest absolute Gasteiger partial charge is 0.396 e. The van der Waals surface area contributed by atoms with Crippen LogP contribution in [-0.4, -0.2) is 42.9 Å². The maximum atomic E-state index is 9.46. The van der Waals surface area contributed by atoms with Crippen LogP contribution in [0.15, 0.2) is 12.2 Å². The topological polar surface area (TPSA) is 58.9 Å². The quantitative estimate of drug-likeness (QED) is 0.478. The summed E-state index contributed by atoms with van der Waals surface area (Å²) in [6, 6.07) is 0. The van der Waals surface area contributed by atoms with Gasteiger partial charge in [0.15, 0.2) is 0 Å². The van der Waals surface area contributed by atoms with Gasteiger partial charge in [-0.05, 0) is 6.42 Å². The van der Waals surface area contributed by atoms with E-state index in [9.17, 15) is 5.11 Å². The molecule has 0 aromatic rings. The molecule has 0 bridgehead atoms. The summed E-state index contributed by atoms with van der Waals surface area (Å²) >= 11 is 0. The Bertz CT molecular complexity index is 169. The van der Waals surface area contributed by atoms with E-state index in [1.165, 1.54) is 7.11 Å². The highest BCUT2D eigenvalue weighted by Gasteiger charge is 2.25. The molecule has 0 saturated heterocycles. The van der Waals surface area contributed by atoms with Crippen LogP contribution >= 0.6 is 0 Å². The number of hydrogen-bond acceptors (Lipinski definition) is 4. The summed E-state index contributed by atoms with van der Waals surface area (Å²) < 4.78 is 9.98. The van der Waals surface area contributed by atoms with Gasteiger partial charge in [-0.1, -0.05) is 12.2 Å². The summed E-state index contributed by atoms with van der Waals surface area (Å²) in [5.74, 6) is 0.0882. The molecule has 13 heavy (non-hydrogen) atoms. The Morgan fingerprint density at radius 3 is 2.85 bits per heavy atom. The van der Waals surface area contributed by atoms with Gasteiger partial charge in [-0.2, -0.15) is 0 Å². The Hall–Kier alpha value is -0.420. The lowest BCUT2D eigenvalue weighted by molar-refractivity contribution is -0.111. The van der Waals surface area contributed by atoms with Gasteiger partial charge in [-0.25, -0.2) is 0 Å². The third kappa shape index (κ3) is 3.08. The standard InChI is InChI=1S/C9H16O4/c1-12-6-13-9-4-7(5-10)2-3-8(9)11/h2-3,7-11H,4-6H2,1H3/t7-,8-,9-/m1/s1. The molecular weight excluding hydrogens is 172 g/mol. The van der Waals surface area contributed by atoms with E-state index in [2.05, 4.69) is 0 Å². The van der Waals surface area contributed by atoms with Gasteiger partial charge in [0.25, 0.3) is 0 Å². The van der Waals surface area contributed by atoms with Crippen LogP contribution in [-0.2, 0) is 9.47 Å². The van der Waals surface area contributed by atoms with Crippen molar-refractivity contribution in [3.8, 4) is 0 Å². The number of methoxy groups -OCH3 is 1. The first kappa shape index (κ1) is 10.7. The van der Waals surface area contributed by atoms with Crippen molar-refractivity contribution in [1.82, 2.24) is 0 Å². The van der Waals surface area contributed by atoms with Gasteiger partial charge in [0.05, 0.1) is 12.2 Å². The second-order valence-electron chi connectivity index (χ2n) is 3.17. The zero-order valence-electron chi connectivity index (χ0n) is 7.72. The lowest BCUT2D eigenvalue weighted by atomic mass is 9.92. The minimum Gasteiger partial charge on any atom is -0.396 e. The first-order chi connectivity index (χ1) is 6.27. The molecule has 0 aromatic carbocycles. The molecule has 0 aliphatic heterocycles. The number of ether oxygens (including phenoxy) is 2. The summed E-state index contributed by atoms with van der Waals surface area (Å²) in [6.07, 6.45) is 3.26. The van der Waals surface area contributed by atoms with Gasteiger partial charge in [0.2, 0.25) is 0 Å². The minimum absolute atomic E-state index is 0.0882. The van der Waals surface area contributed by atoms with Crippen LogP contribution in [0.5, 0.6) is 0 Å². The molecule has 0 amide bonds. The molecule has 0 radical (unpaired) electrons. The Morgan fingerprint density at radius 1 is 1.46 bits per heavy atom. The molecule has 3 atom stereocenters. The Labute approximate surface area is 77.8 Å². The summed E-state index contributed by atoms with van der Waals surface area (Å²) in [4.78, 5) is 0. The van der Waals surface area contributed by atoms with Gasteiger partial charge in [-0.15, -0.1) is 0 Å². The van der Waals surface area contributed by atoms with Crippen LogP contribution < -0.4 is 0 Å². The monoisotopic (exact) mass is 188 g/mol. The van der Waals surface area contributed by atoms with Crippen molar-refractivity contribution in [2.45, 2.75) is 18.6 Å². The fourth-order valence-corrected chi connectivity index (χ4v) is 1.37. The van der Waals surface area contributed by atoms with Crippen molar-refractivity contribution in [2.24, 2.45) is 5.92 Å². The van der Waals surface area contributed by atoms with Crippen LogP contribution in [0.25, 0.3) is 0 Å². The Balaban J connectivity index is 2.40. The maximum Gasteiger partial charge on any atom is 0.146 e. The van der Waals surface area contributed by atoms with E-state index in [1.54, 1.807) is 6.08 Å². The highest BCUT2D eigenvalue weighted by atomic mass is 16.7. The van der Waals surface area contributed by atoms with Crippen molar-refractivity contribution in [3.05, 3.63) is 12.2 Å². The van der Waals surface area contributed by atoms with Gasteiger partial charge in [0, 0.05) is 19.6 Å². The van der Waals surface area contributed by atoms with E-state index in [0.29, 0.717) is 6.42 Å². The van der Waals surface area contributed by atoms with E-state index < -0.39 is 6.10 Å². The molecule has 0 unspecified atom stereocenters. The van der Waals surface area contributed by atoms with Crippen LogP contribution in [0.2, 0.25) is 0 Å². The third-order valence-corrected chi connectivity index (χ3v) is 2.13. The van der Waals surface area contributed by atoms with Crippen LogP contribution in [0.3, 0.4) is 0 Å². The van der Waals surface area contributed by atoms with Gasteiger partial charge < -0.3 is 19.7 Å². The fraction of sp³-hybridized carbons (Fsp3) is 0.778. The number of aliphatic hydroxyl groups excluding tert-OH is 2. The van der Waals surface area contributed by atoms with Gasteiger partial charge >= 0.3 is 0 Å². The molecule has 0 heterocycles. The zero-order valence-corrected chi connectivity index (χ0v) is 7.72. The first-order valence-electron chi connectivity index (χ1n) is 4.35. The normalized spacial score (nSPS) is 33.6. The van der Waals surface area contributed by atoms with E-state index >= 15 is 0 Å². The molecule has 4 nitrogen and oxygen atoms in total. The summed E-state index contributed by atoms with van der Waals surface area (Å²) in [5, 5.41) is 18.4. The van der Waals surface area contributed by atoms with Crippen molar-refractivity contribution in [3.63, 3.8) is 0 Å². The fourth-order valence-electron chi connectivity index (χ4n) is 1.37. The third-order valence-electron chi connectivity index (χ3n) is 2.13. The number of hydrogen-bond donors (Lipinski definition) is 2. The molecule has 0 spiro atoms. The predicted octanol–water partition coefficient (Wildman–Crippen LogP) is -0.0952. The molecule has 1 aliphatic rings. The molecule has 2 N–H and O–H groups in total. The molecule has 1 rings (SSSR count). The molecule has 0 aromatic heterocycles. The molecule has 0 saturated carbocycles. The van der Waals surface area contributed by atoms with Gasteiger partial charge in [-0.3, -0.25) is 0 Å². The average molecular weight is 188 g/mol. The molecule has 76 valence electrons. The predicted molar refractivity (Wildman–Crippen MR) is 47.1 cm³/mol. The average Bonchev–Trinajstić information content (AvgIpc) is 2.17. The lowest BCUT2D eigenvalue weighted by Crippen LogP contribution is -2.34. The second kappa shape index (κ2) is 5.34. The van der Waals surface area contributed by atoms with Crippen LogP contribution in [0, 0.1) is 5.92 Å². The SMILES string of the molecule is COCO[C@@H]1C[C@H](CO)C=C[C@H]1O. The van der Waals surface area contributed by atoms with Crippen molar-refractivity contribution < 1.29 is 19.7 Å². The smallest absolute Gasteiger partial charge is 0.146 e. The van der Waals surface area contributed by atoms with Gasteiger partial charge in [0.1, 0.15) is 6.79 Å². The van der Waals surface area contributed by atoms with Crippen LogP contribution in [0.1, 0.15) is 6.42 Å². The van der Waals surface area contributed by atoms with Crippen molar-refractivity contribution >= 4 is 0 Å². The Morgan fingerprint density at radius 2 is 2.23 bits per heavy atom. The number of aliphatic hydroxyl groups is 2. The maximum absolute atomic E-state index is 9.46. The Kier molecular flexibility index (Phi) is 4.38. The summed E-state index contributed by atoms with van der Waals surface area (Å²) in [6.45, 7) is 0.268. The zero-order chi connectivity index (χ0) is 9.68. The second-order valence-corrected chi connectivity index (χ2v) is 3.17. The first-order valence-corrected chi connectivity index (χ1v) is 4.35. The number of rotatable bonds is 4. The van der Waals surface area contributed by atoms with E-state index in [4.69, 9.17) is 14.6 Å². The molecule has 0 fully saturated rings. The highest BCUT2D eigenvalue weighted by molar-refractivity contribution is 5.02. The van der Waals surface area contributed by atoms with E-state index in [-0.39, 0.29) is 25.4 Å². The molecule has 1 aliphatic carbocycles. The highest BCUT2D eigenvalue weighted by Crippen LogP contribution is 2.20. The van der Waals surface area contributed by atoms with E-state index in [1.807, 2.05) is 6.08 Å². The van der Waals surface area contributed by atoms with E-state index in [0.717, 1.165) is 0 Å². The minimum atomic E-state index is -0.585. The molecule has 4 heteroatoms. The van der Waals surface area contributed by atoms with Crippen molar-refractivity contribution in [1.29, 1.82) is 0 Å². The summed E-state index contributed by atoms with van der Waals surface area (Å²) in [5.41, 5.74) is 0. The van der Waals surface area contributed by atoms with Crippen molar-refractivity contribution in [2.75, 3.05) is 20.5 Å². The van der Waals surface area contributed by atoms with Crippen LogP contribution in [0.4, 0.5) is 0 Å². The lowest BCUT2D eigenvalue weighted by Gasteiger charge is -2.27.